The van der Waals surface area contributed by atoms with Crippen LogP contribution < -0.4 is 0 Å². The predicted molar refractivity (Wildman–Crippen MR) is 102 cm³/mol. The van der Waals surface area contributed by atoms with Crippen LogP contribution in [0.1, 0.15) is 59.8 Å². The van der Waals surface area contributed by atoms with Crippen molar-refractivity contribution in [3.8, 4) is 0 Å². The molecule has 0 spiro atoms. The molecular weight excluding hydrogens is 310 g/mol. The molecule has 2 aliphatic carbocycles. The lowest BCUT2D eigenvalue weighted by Crippen LogP contribution is -2.56. The molecule has 0 radical (unpaired) electrons. The van der Waals surface area contributed by atoms with Gasteiger partial charge in [-0.3, -0.25) is 9.69 Å². The van der Waals surface area contributed by atoms with E-state index in [1.807, 2.05) is 0 Å². The van der Waals surface area contributed by atoms with Crippen molar-refractivity contribution >= 4 is 5.97 Å². The van der Waals surface area contributed by atoms with E-state index in [4.69, 9.17) is 4.74 Å². The summed E-state index contributed by atoms with van der Waals surface area (Å²) in [4.78, 5) is 15.2. The molecule has 1 aliphatic heterocycles. The first-order chi connectivity index (χ1) is 11.9. The molecule has 1 saturated heterocycles. The highest BCUT2D eigenvalue weighted by atomic mass is 16.5. The highest BCUT2D eigenvalue weighted by molar-refractivity contribution is 5.77. The van der Waals surface area contributed by atoms with Crippen LogP contribution in [0.25, 0.3) is 0 Å². The molecule has 5 atom stereocenters. The Bertz CT molecular complexity index is 538. The molecular formula is C22H35NO2. The normalized spacial score (nSPS) is 38.6. The minimum Gasteiger partial charge on any atom is -0.461 e. The lowest BCUT2D eigenvalue weighted by Gasteiger charge is -2.45. The van der Waals surface area contributed by atoms with Crippen molar-refractivity contribution in [2.24, 2.45) is 23.2 Å². The lowest BCUT2D eigenvalue weighted by molar-refractivity contribution is -0.168. The molecule has 0 amide bonds. The maximum atomic E-state index is 12.8. The van der Waals surface area contributed by atoms with Crippen molar-refractivity contribution in [3.05, 3.63) is 24.3 Å². The summed E-state index contributed by atoms with van der Waals surface area (Å²) in [6.07, 6.45) is 14.4. The molecule has 25 heavy (non-hydrogen) atoms. The molecule has 0 N–H and O–H groups in total. The highest BCUT2D eigenvalue weighted by Crippen LogP contribution is 2.37. The SMILES string of the molecule is CC1CCC(C(C)C)C(OC(=O)C2CCN2CC2(C)C=CC=CC2)C1. The van der Waals surface area contributed by atoms with Crippen molar-refractivity contribution in [1.82, 2.24) is 4.90 Å². The van der Waals surface area contributed by atoms with Crippen LogP contribution in [-0.4, -0.2) is 36.1 Å². The van der Waals surface area contributed by atoms with Gasteiger partial charge in [0.25, 0.3) is 0 Å². The molecule has 0 aromatic heterocycles. The maximum Gasteiger partial charge on any atom is 0.323 e. The molecule has 5 unspecified atom stereocenters. The molecule has 0 bridgehead atoms. The van der Waals surface area contributed by atoms with Crippen LogP contribution in [0.3, 0.4) is 0 Å². The Hall–Kier alpha value is -1.09. The molecule has 1 saturated carbocycles. The number of nitrogens with zero attached hydrogens (tertiary/aromatic N) is 1. The van der Waals surface area contributed by atoms with Gasteiger partial charge in [-0.1, -0.05) is 58.4 Å². The number of hydrogen-bond donors (Lipinski definition) is 0. The molecule has 3 heteroatoms. The molecule has 3 nitrogen and oxygen atoms in total. The number of esters is 1. The summed E-state index contributed by atoms with van der Waals surface area (Å²) in [5.74, 6) is 1.80. The molecule has 1 heterocycles. The van der Waals surface area contributed by atoms with E-state index in [-0.39, 0.29) is 23.5 Å². The zero-order valence-electron chi connectivity index (χ0n) is 16.4. The molecule has 140 valence electrons. The zero-order chi connectivity index (χ0) is 18.0. The van der Waals surface area contributed by atoms with Gasteiger partial charge in [-0.05, 0) is 43.4 Å². The van der Waals surface area contributed by atoms with Gasteiger partial charge in [-0.15, -0.1) is 0 Å². The van der Waals surface area contributed by atoms with Crippen LogP contribution in [0.5, 0.6) is 0 Å². The second-order valence-corrected chi connectivity index (χ2v) is 9.22. The third-order valence-electron chi connectivity index (χ3n) is 6.53. The Morgan fingerprint density at radius 1 is 1.28 bits per heavy atom. The summed E-state index contributed by atoms with van der Waals surface area (Å²) < 4.78 is 6.08. The fraction of sp³-hybridized carbons (Fsp3) is 0.773. The van der Waals surface area contributed by atoms with Gasteiger partial charge in [-0.25, -0.2) is 0 Å². The highest BCUT2D eigenvalue weighted by Gasteiger charge is 2.41. The number of hydrogen-bond acceptors (Lipinski definition) is 3. The van der Waals surface area contributed by atoms with Crippen molar-refractivity contribution in [1.29, 1.82) is 0 Å². The topological polar surface area (TPSA) is 29.5 Å². The van der Waals surface area contributed by atoms with Gasteiger partial charge in [0.15, 0.2) is 0 Å². The van der Waals surface area contributed by atoms with Crippen LogP contribution in [0, 0.1) is 23.2 Å². The Morgan fingerprint density at radius 2 is 2.08 bits per heavy atom. The minimum atomic E-state index is -0.0267. The van der Waals surface area contributed by atoms with Crippen LogP contribution >= 0.6 is 0 Å². The van der Waals surface area contributed by atoms with E-state index in [1.54, 1.807) is 0 Å². The number of ether oxygens (including phenoxy) is 1. The summed E-state index contributed by atoms with van der Waals surface area (Å²) >= 11 is 0. The number of carbonyl (C=O) groups excluding carboxylic acids is 1. The van der Waals surface area contributed by atoms with Crippen LogP contribution in [-0.2, 0) is 9.53 Å². The third kappa shape index (κ3) is 4.36. The number of rotatable bonds is 5. The predicted octanol–water partition coefficient (Wildman–Crippen LogP) is 4.59. The van der Waals surface area contributed by atoms with Crippen LogP contribution in [0.15, 0.2) is 24.3 Å². The average molecular weight is 346 g/mol. The van der Waals surface area contributed by atoms with Crippen molar-refractivity contribution in [2.45, 2.75) is 71.9 Å². The maximum absolute atomic E-state index is 12.8. The third-order valence-corrected chi connectivity index (χ3v) is 6.53. The van der Waals surface area contributed by atoms with E-state index >= 15 is 0 Å². The Balaban J connectivity index is 1.57. The smallest absolute Gasteiger partial charge is 0.323 e. The monoisotopic (exact) mass is 345 g/mol. The van der Waals surface area contributed by atoms with Gasteiger partial charge >= 0.3 is 5.97 Å². The number of carbonyl (C=O) groups is 1. The summed E-state index contributed by atoms with van der Waals surface area (Å²) in [6.45, 7) is 11.1. The van der Waals surface area contributed by atoms with Crippen molar-refractivity contribution < 1.29 is 9.53 Å². The average Bonchev–Trinajstić information content (AvgIpc) is 2.52. The lowest BCUT2D eigenvalue weighted by atomic mass is 9.75. The van der Waals surface area contributed by atoms with E-state index < -0.39 is 0 Å². The van der Waals surface area contributed by atoms with E-state index in [1.165, 1.54) is 12.8 Å². The molecule has 3 aliphatic rings. The van der Waals surface area contributed by atoms with Gasteiger partial charge < -0.3 is 4.74 Å². The largest absolute Gasteiger partial charge is 0.461 e. The Kier molecular flexibility index (Phi) is 5.72. The van der Waals surface area contributed by atoms with E-state index in [0.717, 1.165) is 32.4 Å². The molecule has 3 rings (SSSR count). The summed E-state index contributed by atoms with van der Waals surface area (Å²) in [6, 6.07) is -0.0267. The van der Waals surface area contributed by atoms with Gasteiger partial charge in [0.1, 0.15) is 12.1 Å². The number of likely N-dealkylation sites (tertiary alicyclic amines) is 1. The van der Waals surface area contributed by atoms with Gasteiger partial charge in [0, 0.05) is 18.5 Å². The minimum absolute atomic E-state index is 0.0231. The Labute approximate surface area is 153 Å². The van der Waals surface area contributed by atoms with E-state index in [9.17, 15) is 4.79 Å². The van der Waals surface area contributed by atoms with Gasteiger partial charge in [0.2, 0.25) is 0 Å². The number of allylic oxidation sites excluding steroid dienone is 3. The quantitative estimate of drug-likeness (QED) is 0.683. The fourth-order valence-electron chi connectivity index (χ4n) is 4.73. The first kappa shape index (κ1) is 18.7. The van der Waals surface area contributed by atoms with Gasteiger partial charge in [-0.2, -0.15) is 0 Å². The standard InChI is InChI=1S/C22H35NO2/c1-16(2)18-9-8-17(3)14-20(18)25-21(24)19-10-13-23(19)15-22(4)11-6-5-7-12-22/h5-7,11,16-20H,8-10,12-15H2,1-4H3. The van der Waals surface area contributed by atoms with E-state index in [2.05, 4.69) is 56.9 Å². The Morgan fingerprint density at radius 3 is 2.68 bits per heavy atom. The first-order valence-electron chi connectivity index (χ1n) is 10.2. The fourth-order valence-corrected chi connectivity index (χ4v) is 4.73. The van der Waals surface area contributed by atoms with Crippen molar-refractivity contribution in [2.75, 3.05) is 13.1 Å². The summed E-state index contributed by atoms with van der Waals surface area (Å²) in [5.41, 5.74) is 0.146. The molecule has 0 aromatic carbocycles. The summed E-state index contributed by atoms with van der Waals surface area (Å²) in [5, 5.41) is 0. The van der Waals surface area contributed by atoms with Crippen LogP contribution in [0.2, 0.25) is 0 Å². The second-order valence-electron chi connectivity index (χ2n) is 9.22. The van der Waals surface area contributed by atoms with Gasteiger partial charge in [0.05, 0.1) is 0 Å². The van der Waals surface area contributed by atoms with Crippen molar-refractivity contribution in [3.63, 3.8) is 0 Å². The molecule has 2 fully saturated rings. The zero-order valence-corrected chi connectivity index (χ0v) is 16.4. The molecule has 0 aromatic rings. The summed E-state index contributed by atoms with van der Waals surface area (Å²) in [7, 11) is 0. The van der Waals surface area contributed by atoms with E-state index in [0.29, 0.717) is 17.8 Å². The van der Waals surface area contributed by atoms with Crippen LogP contribution in [0.4, 0.5) is 0 Å². The first-order valence-corrected chi connectivity index (χ1v) is 10.2. The second kappa shape index (κ2) is 7.65.